The number of H-pyrrole nitrogens is 1. The number of fused-ring (bicyclic) bond motifs is 2. The van der Waals surface area contributed by atoms with Gasteiger partial charge in [0.1, 0.15) is 5.65 Å². The van der Waals surface area contributed by atoms with Gasteiger partial charge in [-0.1, -0.05) is 0 Å². The van der Waals surface area contributed by atoms with Gasteiger partial charge in [-0.2, -0.15) is 15.1 Å². The molecule has 0 unspecified atom stereocenters. The van der Waals surface area contributed by atoms with Crippen LogP contribution in [0, 0.1) is 0 Å². The number of rotatable bonds is 4. The summed E-state index contributed by atoms with van der Waals surface area (Å²) in [5.74, 6) is 1.01. The van der Waals surface area contributed by atoms with E-state index >= 15 is 0 Å². The molecule has 0 aliphatic heterocycles. The van der Waals surface area contributed by atoms with Crippen LogP contribution in [0.15, 0.2) is 36.8 Å². The van der Waals surface area contributed by atoms with Crippen LogP contribution in [0.5, 0.6) is 5.88 Å². The first-order valence-corrected chi connectivity index (χ1v) is 8.88. The summed E-state index contributed by atoms with van der Waals surface area (Å²) in [4.78, 5) is 12.4. The van der Waals surface area contributed by atoms with Gasteiger partial charge in [0.2, 0.25) is 11.8 Å². The van der Waals surface area contributed by atoms with Gasteiger partial charge in [-0.3, -0.25) is 0 Å². The molecule has 8 heteroatoms. The lowest BCUT2D eigenvalue weighted by Crippen LogP contribution is -2.48. The number of aliphatic hydroxyl groups is 1. The van der Waals surface area contributed by atoms with E-state index in [1.807, 2.05) is 36.0 Å². The first-order valence-electron chi connectivity index (χ1n) is 8.88. The van der Waals surface area contributed by atoms with Crippen molar-refractivity contribution < 1.29 is 9.84 Å². The molecule has 0 spiro atoms. The Morgan fingerprint density at radius 1 is 1.33 bits per heavy atom. The van der Waals surface area contributed by atoms with Crippen LogP contribution in [-0.4, -0.2) is 48.4 Å². The fraction of sp³-hybridized carbons (Fsp3) is 0.316. The lowest BCUT2D eigenvalue weighted by atomic mass is 9.77. The highest BCUT2D eigenvalue weighted by Crippen LogP contribution is 2.36. The molecule has 0 atom stereocenters. The van der Waals surface area contributed by atoms with Gasteiger partial charge < -0.3 is 20.1 Å². The quantitative estimate of drug-likeness (QED) is 0.515. The second-order valence-electron chi connectivity index (χ2n) is 7.34. The van der Waals surface area contributed by atoms with Gasteiger partial charge in [0, 0.05) is 30.2 Å². The molecule has 0 bridgehead atoms. The highest BCUT2D eigenvalue weighted by Gasteiger charge is 2.38. The van der Waals surface area contributed by atoms with Gasteiger partial charge >= 0.3 is 0 Å². The molecule has 1 aliphatic carbocycles. The third-order valence-corrected chi connectivity index (χ3v) is 5.11. The standard InChI is InChI=1S/C19H20N6O2/c1-19(26)8-12(9-19)22-18-23-16-15(17(24-18)27-2)14(10-20-16)11-4-6-25-13(7-11)3-5-21-25/h3-7,10,12,26H,8-9H2,1-2H3,(H2,20,22,23,24). The normalized spacial score (nSPS) is 22.1. The van der Waals surface area contributed by atoms with Gasteiger partial charge in [-0.15, -0.1) is 0 Å². The summed E-state index contributed by atoms with van der Waals surface area (Å²) in [6.07, 6.45) is 6.97. The van der Waals surface area contributed by atoms with Crippen LogP contribution in [0.25, 0.3) is 27.7 Å². The summed E-state index contributed by atoms with van der Waals surface area (Å²) in [5, 5.41) is 18.3. The summed E-state index contributed by atoms with van der Waals surface area (Å²) in [5.41, 5.74) is 3.13. The molecule has 3 N–H and O–H groups in total. The minimum absolute atomic E-state index is 0.167. The number of anilines is 1. The number of methoxy groups -OCH3 is 1. The van der Waals surface area contributed by atoms with E-state index in [2.05, 4.69) is 31.4 Å². The molecule has 138 valence electrons. The molecule has 0 aromatic carbocycles. The van der Waals surface area contributed by atoms with Crippen molar-refractivity contribution in [3.8, 4) is 17.0 Å². The summed E-state index contributed by atoms with van der Waals surface area (Å²) < 4.78 is 7.38. The van der Waals surface area contributed by atoms with E-state index in [1.165, 1.54) is 0 Å². The number of pyridine rings is 1. The Balaban J connectivity index is 1.55. The second kappa shape index (κ2) is 5.68. The molecule has 0 saturated heterocycles. The maximum atomic E-state index is 9.91. The van der Waals surface area contributed by atoms with Crippen LogP contribution >= 0.6 is 0 Å². The molecule has 27 heavy (non-hydrogen) atoms. The average Bonchev–Trinajstić information content (AvgIpc) is 3.25. The molecule has 0 radical (unpaired) electrons. The molecule has 1 fully saturated rings. The predicted octanol–water partition coefficient (Wildman–Crippen LogP) is 2.61. The number of aromatic amines is 1. The first kappa shape index (κ1) is 16.1. The second-order valence-corrected chi connectivity index (χ2v) is 7.34. The van der Waals surface area contributed by atoms with Crippen molar-refractivity contribution in [3.05, 3.63) is 36.8 Å². The molecular formula is C19H20N6O2. The number of nitrogens with one attached hydrogen (secondary N) is 2. The molecule has 1 saturated carbocycles. The van der Waals surface area contributed by atoms with E-state index in [0.717, 1.165) is 22.0 Å². The molecule has 0 amide bonds. The number of aromatic nitrogens is 5. The van der Waals surface area contributed by atoms with Crippen LogP contribution in [0.1, 0.15) is 19.8 Å². The zero-order valence-electron chi connectivity index (χ0n) is 15.1. The smallest absolute Gasteiger partial charge is 0.228 e. The number of hydrogen-bond acceptors (Lipinski definition) is 6. The molecule has 4 aromatic heterocycles. The Labute approximate surface area is 155 Å². The number of hydrogen-bond donors (Lipinski definition) is 3. The van der Waals surface area contributed by atoms with Crippen LogP contribution < -0.4 is 10.1 Å². The van der Waals surface area contributed by atoms with Crippen molar-refractivity contribution in [2.24, 2.45) is 0 Å². The fourth-order valence-corrected chi connectivity index (χ4v) is 3.82. The minimum atomic E-state index is -0.599. The fourth-order valence-electron chi connectivity index (χ4n) is 3.82. The van der Waals surface area contributed by atoms with Gasteiger partial charge in [-0.05, 0) is 43.5 Å². The van der Waals surface area contributed by atoms with Gasteiger partial charge in [0.15, 0.2) is 0 Å². The van der Waals surface area contributed by atoms with Gasteiger partial charge in [-0.25, -0.2) is 4.52 Å². The van der Waals surface area contributed by atoms with E-state index in [9.17, 15) is 5.11 Å². The predicted molar refractivity (Wildman–Crippen MR) is 102 cm³/mol. The average molecular weight is 364 g/mol. The van der Waals surface area contributed by atoms with E-state index in [1.54, 1.807) is 13.3 Å². The van der Waals surface area contributed by atoms with Crippen LogP contribution in [0.4, 0.5) is 5.95 Å². The zero-order valence-corrected chi connectivity index (χ0v) is 15.1. The first-order chi connectivity index (χ1) is 13.0. The van der Waals surface area contributed by atoms with E-state index in [-0.39, 0.29) is 6.04 Å². The molecule has 4 aromatic rings. The maximum absolute atomic E-state index is 9.91. The summed E-state index contributed by atoms with van der Waals surface area (Å²) in [6, 6.07) is 6.20. The third-order valence-electron chi connectivity index (χ3n) is 5.11. The van der Waals surface area contributed by atoms with Gasteiger partial charge in [0.05, 0.1) is 23.6 Å². The van der Waals surface area contributed by atoms with Crippen LogP contribution in [-0.2, 0) is 0 Å². The largest absolute Gasteiger partial charge is 0.480 e. The van der Waals surface area contributed by atoms with E-state index in [0.29, 0.717) is 30.3 Å². The number of ether oxygens (including phenoxy) is 1. The van der Waals surface area contributed by atoms with Crippen molar-refractivity contribution in [1.82, 2.24) is 24.6 Å². The zero-order chi connectivity index (χ0) is 18.6. The maximum Gasteiger partial charge on any atom is 0.228 e. The van der Waals surface area contributed by atoms with Crippen LogP contribution in [0.2, 0.25) is 0 Å². The SMILES string of the molecule is COc1nc(NC2CC(C)(O)C2)nc2[nH]cc(-c3ccn4nccc4c3)c12. The van der Waals surface area contributed by atoms with Crippen molar-refractivity contribution in [3.63, 3.8) is 0 Å². The van der Waals surface area contributed by atoms with E-state index < -0.39 is 5.60 Å². The van der Waals surface area contributed by atoms with Crippen LogP contribution in [0.3, 0.4) is 0 Å². The molecule has 8 nitrogen and oxygen atoms in total. The Kier molecular flexibility index (Phi) is 3.38. The van der Waals surface area contributed by atoms with Crippen molar-refractivity contribution >= 4 is 22.5 Å². The topological polar surface area (TPSA) is 100 Å². The molecule has 4 heterocycles. The Hall–Kier alpha value is -3.13. The number of nitrogens with zero attached hydrogens (tertiary/aromatic N) is 4. The Morgan fingerprint density at radius 3 is 2.96 bits per heavy atom. The van der Waals surface area contributed by atoms with Crippen molar-refractivity contribution in [2.75, 3.05) is 12.4 Å². The minimum Gasteiger partial charge on any atom is -0.480 e. The summed E-state index contributed by atoms with van der Waals surface area (Å²) >= 11 is 0. The summed E-state index contributed by atoms with van der Waals surface area (Å²) in [7, 11) is 1.61. The lowest BCUT2D eigenvalue weighted by Gasteiger charge is -2.41. The third kappa shape index (κ3) is 2.69. The summed E-state index contributed by atoms with van der Waals surface area (Å²) in [6.45, 7) is 1.84. The highest BCUT2D eigenvalue weighted by molar-refractivity contribution is 5.98. The Morgan fingerprint density at radius 2 is 2.19 bits per heavy atom. The van der Waals surface area contributed by atoms with Crippen molar-refractivity contribution in [2.45, 2.75) is 31.4 Å². The molecular weight excluding hydrogens is 344 g/mol. The van der Waals surface area contributed by atoms with Gasteiger partial charge in [0.25, 0.3) is 0 Å². The highest BCUT2D eigenvalue weighted by atomic mass is 16.5. The Bertz CT molecular complexity index is 1140. The van der Waals surface area contributed by atoms with Crippen molar-refractivity contribution in [1.29, 1.82) is 0 Å². The lowest BCUT2D eigenvalue weighted by molar-refractivity contribution is -0.0236. The molecule has 5 rings (SSSR count). The van der Waals surface area contributed by atoms with E-state index in [4.69, 9.17) is 4.74 Å². The molecule has 1 aliphatic rings. The monoisotopic (exact) mass is 364 g/mol.